The van der Waals surface area contributed by atoms with Crippen molar-refractivity contribution in [2.24, 2.45) is 0 Å². The van der Waals surface area contributed by atoms with Gasteiger partial charge in [-0.3, -0.25) is 4.79 Å². The molecule has 0 aromatic heterocycles. The Labute approximate surface area is 89.8 Å². The molecule has 0 aliphatic carbocycles. The third-order valence-corrected chi connectivity index (χ3v) is 2.43. The smallest absolute Gasteiger partial charge is 0.300 e. The molecule has 1 heterocycles. The minimum absolute atomic E-state index is 0.120. The topological polar surface area (TPSA) is 26.3 Å². The molecule has 1 aromatic carbocycles. The summed E-state index contributed by atoms with van der Waals surface area (Å²) in [7, 11) is 0. The summed E-state index contributed by atoms with van der Waals surface area (Å²) >= 11 is 5.72. The van der Waals surface area contributed by atoms with E-state index in [4.69, 9.17) is 16.3 Å². The molecule has 1 aliphatic rings. The van der Waals surface area contributed by atoms with Crippen LogP contribution in [-0.2, 0) is 6.42 Å². The first kappa shape index (κ1) is 10.4. The molecule has 1 aliphatic heterocycles. The summed E-state index contributed by atoms with van der Waals surface area (Å²) in [5, 5.41) is 0.281. The van der Waals surface area contributed by atoms with E-state index in [1.807, 2.05) is 0 Å². The molecule has 0 unspecified atom stereocenters. The first-order chi connectivity index (χ1) is 7.09. The molecule has 0 fully saturated rings. The number of carbonyl (C=O) groups excluding carboxylic acids is 1. The van der Waals surface area contributed by atoms with Crippen molar-refractivity contribution in [1.29, 1.82) is 0 Å². The zero-order chi connectivity index (χ0) is 11.0. The van der Waals surface area contributed by atoms with Crippen molar-refractivity contribution in [3.63, 3.8) is 0 Å². The molecule has 0 amide bonds. The molecule has 80 valence electrons. The van der Waals surface area contributed by atoms with Crippen LogP contribution in [0.3, 0.4) is 0 Å². The monoisotopic (exact) mass is 232 g/mol. The van der Waals surface area contributed by atoms with Crippen LogP contribution < -0.4 is 4.74 Å². The molecule has 15 heavy (non-hydrogen) atoms. The standard InChI is InChI=1S/C10H7ClF2O2/c11-6-3-5-1-2-15-9(5)7(4-6)8(14)10(12)13/h3-4,10H,1-2H2. The van der Waals surface area contributed by atoms with Gasteiger partial charge in [0.05, 0.1) is 12.2 Å². The fourth-order valence-corrected chi connectivity index (χ4v) is 1.81. The van der Waals surface area contributed by atoms with E-state index in [0.717, 1.165) is 0 Å². The summed E-state index contributed by atoms with van der Waals surface area (Å²) in [6.45, 7) is 0.402. The van der Waals surface area contributed by atoms with Crippen molar-refractivity contribution in [3.05, 3.63) is 28.3 Å². The largest absolute Gasteiger partial charge is 0.492 e. The number of hydrogen-bond acceptors (Lipinski definition) is 2. The van der Waals surface area contributed by atoms with Gasteiger partial charge in [0.1, 0.15) is 5.75 Å². The van der Waals surface area contributed by atoms with E-state index in [2.05, 4.69) is 0 Å². The lowest BCUT2D eigenvalue weighted by Crippen LogP contribution is -2.11. The summed E-state index contributed by atoms with van der Waals surface area (Å²) in [6.07, 6.45) is -2.43. The summed E-state index contributed by atoms with van der Waals surface area (Å²) in [4.78, 5) is 11.2. The Bertz CT molecular complexity index is 418. The van der Waals surface area contributed by atoms with Crippen LogP contribution in [0.4, 0.5) is 8.78 Å². The summed E-state index contributed by atoms with van der Waals surface area (Å²) in [5.74, 6) is -0.986. The van der Waals surface area contributed by atoms with E-state index >= 15 is 0 Å². The van der Waals surface area contributed by atoms with Gasteiger partial charge in [-0.1, -0.05) is 11.6 Å². The van der Waals surface area contributed by atoms with Gasteiger partial charge in [0.25, 0.3) is 0 Å². The van der Waals surface area contributed by atoms with E-state index < -0.39 is 12.2 Å². The Balaban J connectivity index is 2.51. The lowest BCUT2D eigenvalue weighted by Gasteiger charge is -2.07. The van der Waals surface area contributed by atoms with E-state index in [9.17, 15) is 13.6 Å². The maximum atomic E-state index is 12.3. The van der Waals surface area contributed by atoms with E-state index in [1.54, 1.807) is 6.07 Å². The van der Waals surface area contributed by atoms with Crippen molar-refractivity contribution in [2.75, 3.05) is 6.61 Å². The number of benzene rings is 1. The lowest BCUT2D eigenvalue weighted by atomic mass is 10.1. The Morgan fingerprint density at radius 2 is 2.20 bits per heavy atom. The molecule has 0 atom stereocenters. The van der Waals surface area contributed by atoms with Gasteiger partial charge in [-0.25, -0.2) is 8.78 Å². The van der Waals surface area contributed by atoms with Gasteiger partial charge in [0, 0.05) is 11.4 Å². The third kappa shape index (κ3) is 1.81. The van der Waals surface area contributed by atoms with Crippen molar-refractivity contribution in [3.8, 4) is 5.75 Å². The second-order valence-corrected chi connectivity index (χ2v) is 3.64. The maximum Gasteiger partial charge on any atom is 0.300 e. The first-order valence-electron chi connectivity index (χ1n) is 4.37. The molecule has 1 aromatic rings. The average molecular weight is 233 g/mol. The highest BCUT2D eigenvalue weighted by molar-refractivity contribution is 6.31. The number of ketones is 1. The predicted octanol–water partition coefficient (Wildman–Crippen LogP) is 2.72. The SMILES string of the molecule is O=C(c1cc(Cl)cc2c1OCC2)C(F)F. The molecule has 0 bridgehead atoms. The van der Waals surface area contributed by atoms with Crippen LogP contribution in [0.25, 0.3) is 0 Å². The molecule has 5 heteroatoms. The molecule has 2 rings (SSSR count). The van der Waals surface area contributed by atoms with Crippen molar-refractivity contribution in [1.82, 2.24) is 0 Å². The molecule has 0 saturated carbocycles. The second kappa shape index (κ2) is 3.77. The summed E-state index contributed by atoms with van der Waals surface area (Å²) in [5.41, 5.74) is 0.594. The van der Waals surface area contributed by atoms with Crippen LogP contribution in [0.1, 0.15) is 15.9 Å². The third-order valence-electron chi connectivity index (χ3n) is 2.21. The van der Waals surface area contributed by atoms with Crippen LogP contribution in [0.5, 0.6) is 5.75 Å². The lowest BCUT2D eigenvalue weighted by molar-refractivity contribution is 0.0675. The number of fused-ring (bicyclic) bond motifs is 1. The van der Waals surface area contributed by atoms with Crippen LogP contribution in [-0.4, -0.2) is 18.8 Å². The van der Waals surface area contributed by atoms with Gasteiger partial charge in [0.15, 0.2) is 0 Å². The molecular weight excluding hydrogens is 226 g/mol. The number of ether oxygens (including phenoxy) is 1. The summed E-state index contributed by atoms with van der Waals surface area (Å²) < 4.78 is 29.7. The Hall–Kier alpha value is -1.16. The van der Waals surface area contributed by atoms with Crippen LogP contribution in [0.15, 0.2) is 12.1 Å². The highest BCUT2D eigenvalue weighted by Crippen LogP contribution is 2.33. The number of alkyl halides is 2. The van der Waals surface area contributed by atoms with Gasteiger partial charge < -0.3 is 4.74 Å². The Morgan fingerprint density at radius 1 is 1.47 bits per heavy atom. The quantitative estimate of drug-likeness (QED) is 0.733. The minimum atomic E-state index is -3.03. The number of hydrogen-bond donors (Lipinski definition) is 0. The predicted molar refractivity (Wildman–Crippen MR) is 51.0 cm³/mol. The first-order valence-corrected chi connectivity index (χ1v) is 4.75. The number of carbonyl (C=O) groups is 1. The fourth-order valence-electron chi connectivity index (χ4n) is 1.57. The fraction of sp³-hybridized carbons (Fsp3) is 0.300. The number of Topliss-reactive ketones (excluding diaryl/α,β-unsaturated/α-hetero) is 1. The zero-order valence-electron chi connectivity index (χ0n) is 7.60. The highest BCUT2D eigenvalue weighted by atomic mass is 35.5. The van der Waals surface area contributed by atoms with E-state index in [-0.39, 0.29) is 16.3 Å². The Kier molecular flexibility index (Phi) is 2.61. The normalized spacial score (nSPS) is 13.9. The average Bonchev–Trinajstić information content (AvgIpc) is 2.62. The van der Waals surface area contributed by atoms with E-state index in [1.165, 1.54) is 6.07 Å². The van der Waals surface area contributed by atoms with Crippen LogP contribution >= 0.6 is 11.6 Å². The molecule has 2 nitrogen and oxygen atoms in total. The highest BCUT2D eigenvalue weighted by Gasteiger charge is 2.26. The van der Waals surface area contributed by atoms with E-state index in [0.29, 0.717) is 18.6 Å². The summed E-state index contributed by atoms with van der Waals surface area (Å²) in [6, 6.07) is 2.85. The maximum absolute atomic E-state index is 12.3. The van der Waals surface area contributed by atoms with Crippen molar-refractivity contribution >= 4 is 17.4 Å². The van der Waals surface area contributed by atoms with Crippen LogP contribution in [0.2, 0.25) is 5.02 Å². The minimum Gasteiger partial charge on any atom is -0.492 e. The van der Waals surface area contributed by atoms with Gasteiger partial charge in [0.2, 0.25) is 5.78 Å². The molecule has 0 radical (unpaired) electrons. The molecule has 0 spiro atoms. The van der Waals surface area contributed by atoms with Crippen molar-refractivity contribution < 1.29 is 18.3 Å². The zero-order valence-corrected chi connectivity index (χ0v) is 8.35. The van der Waals surface area contributed by atoms with Gasteiger partial charge in [-0.05, 0) is 17.7 Å². The second-order valence-electron chi connectivity index (χ2n) is 3.21. The van der Waals surface area contributed by atoms with Gasteiger partial charge in [-0.15, -0.1) is 0 Å². The Morgan fingerprint density at radius 3 is 2.87 bits per heavy atom. The molecule has 0 N–H and O–H groups in total. The van der Waals surface area contributed by atoms with Crippen LogP contribution in [0, 0.1) is 0 Å². The van der Waals surface area contributed by atoms with Crippen molar-refractivity contribution in [2.45, 2.75) is 12.8 Å². The molecular formula is C10H7ClF2O2. The molecule has 0 saturated heterocycles. The number of rotatable bonds is 2. The number of halogens is 3. The van der Waals surface area contributed by atoms with Gasteiger partial charge >= 0.3 is 6.43 Å². The van der Waals surface area contributed by atoms with Gasteiger partial charge in [-0.2, -0.15) is 0 Å².